The quantitative estimate of drug-likeness (QED) is 0.505. The standard InChI is InChI=1S/C7H6BrN3O4/c1-3-5(10(12)13)2-4(9)6(8)7(3)11(14)15/h2H,9H2,1H3. The van der Waals surface area contributed by atoms with Gasteiger partial charge in [0.25, 0.3) is 11.4 Å². The van der Waals surface area contributed by atoms with Gasteiger partial charge in [0, 0.05) is 6.07 Å². The predicted octanol–water partition coefficient (Wildman–Crippen LogP) is 2.16. The first-order chi connectivity index (χ1) is 6.86. The number of hydrogen-bond donors (Lipinski definition) is 1. The molecule has 80 valence electrons. The minimum absolute atomic E-state index is 0.0222. The van der Waals surface area contributed by atoms with Crippen LogP contribution in [-0.4, -0.2) is 9.85 Å². The lowest BCUT2D eigenvalue weighted by Gasteiger charge is -2.03. The predicted molar refractivity (Wildman–Crippen MR) is 56.6 cm³/mol. The summed E-state index contributed by atoms with van der Waals surface area (Å²) in [6.45, 7) is 1.31. The number of nitrogens with zero attached hydrogens (tertiary/aromatic N) is 2. The number of rotatable bonds is 2. The number of nitrogen functional groups attached to an aromatic ring is 1. The molecule has 0 aliphatic rings. The Kier molecular flexibility index (Phi) is 2.89. The molecule has 2 N–H and O–H groups in total. The van der Waals surface area contributed by atoms with Gasteiger partial charge in [-0.3, -0.25) is 20.2 Å². The van der Waals surface area contributed by atoms with Crippen molar-refractivity contribution in [1.82, 2.24) is 0 Å². The highest BCUT2D eigenvalue weighted by atomic mass is 79.9. The maximum atomic E-state index is 10.7. The highest BCUT2D eigenvalue weighted by molar-refractivity contribution is 9.10. The van der Waals surface area contributed by atoms with E-state index in [-0.39, 0.29) is 27.1 Å². The zero-order valence-electron chi connectivity index (χ0n) is 7.56. The van der Waals surface area contributed by atoms with E-state index in [2.05, 4.69) is 15.9 Å². The van der Waals surface area contributed by atoms with Gasteiger partial charge in [0.1, 0.15) is 10.0 Å². The number of nitro benzene ring substituents is 2. The van der Waals surface area contributed by atoms with Crippen LogP contribution < -0.4 is 5.73 Å². The van der Waals surface area contributed by atoms with Crippen LogP contribution in [0.2, 0.25) is 0 Å². The van der Waals surface area contributed by atoms with Crippen molar-refractivity contribution in [3.8, 4) is 0 Å². The van der Waals surface area contributed by atoms with Crippen molar-refractivity contribution >= 4 is 33.0 Å². The molecule has 1 aromatic carbocycles. The smallest absolute Gasteiger partial charge is 0.295 e. The Morgan fingerprint density at radius 3 is 2.27 bits per heavy atom. The monoisotopic (exact) mass is 275 g/mol. The lowest BCUT2D eigenvalue weighted by Crippen LogP contribution is -2.01. The van der Waals surface area contributed by atoms with Gasteiger partial charge in [0.15, 0.2) is 0 Å². The van der Waals surface area contributed by atoms with Crippen LogP contribution in [0.1, 0.15) is 5.56 Å². The normalized spacial score (nSPS) is 10.0. The first-order valence-electron chi connectivity index (χ1n) is 3.73. The van der Waals surface area contributed by atoms with E-state index >= 15 is 0 Å². The van der Waals surface area contributed by atoms with E-state index in [1.54, 1.807) is 0 Å². The molecule has 0 bridgehead atoms. The van der Waals surface area contributed by atoms with Gasteiger partial charge in [0.05, 0.1) is 15.5 Å². The summed E-state index contributed by atoms with van der Waals surface area (Å²) in [7, 11) is 0. The third-order valence-corrected chi connectivity index (χ3v) is 2.71. The van der Waals surface area contributed by atoms with Crippen molar-refractivity contribution in [1.29, 1.82) is 0 Å². The molecular weight excluding hydrogens is 270 g/mol. The summed E-state index contributed by atoms with van der Waals surface area (Å²) in [5.41, 5.74) is 4.63. The Morgan fingerprint density at radius 1 is 1.33 bits per heavy atom. The molecule has 0 aliphatic heterocycles. The molecule has 0 saturated carbocycles. The van der Waals surface area contributed by atoms with Crippen LogP contribution in [0.5, 0.6) is 0 Å². The van der Waals surface area contributed by atoms with Crippen LogP contribution in [0.4, 0.5) is 17.1 Å². The molecule has 0 saturated heterocycles. The van der Waals surface area contributed by atoms with Crippen LogP contribution in [0.25, 0.3) is 0 Å². The van der Waals surface area contributed by atoms with Crippen LogP contribution in [0, 0.1) is 27.2 Å². The third-order valence-electron chi connectivity index (χ3n) is 1.87. The number of benzene rings is 1. The molecule has 0 unspecified atom stereocenters. The van der Waals surface area contributed by atoms with E-state index in [9.17, 15) is 20.2 Å². The molecule has 0 fully saturated rings. The summed E-state index contributed by atoms with van der Waals surface area (Å²) < 4.78 is 0.0654. The Labute approximate surface area is 92.3 Å². The summed E-state index contributed by atoms with van der Waals surface area (Å²) in [5, 5.41) is 21.2. The lowest BCUT2D eigenvalue weighted by molar-refractivity contribution is -0.395. The minimum Gasteiger partial charge on any atom is -0.397 e. The van der Waals surface area contributed by atoms with Gasteiger partial charge in [-0.25, -0.2) is 0 Å². The van der Waals surface area contributed by atoms with E-state index in [1.165, 1.54) is 6.92 Å². The average Bonchev–Trinajstić information content (AvgIpc) is 2.10. The number of nitrogens with two attached hydrogens (primary N) is 1. The maximum Gasteiger partial charge on any atom is 0.295 e. The van der Waals surface area contributed by atoms with Gasteiger partial charge in [-0.2, -0.15) is 0 Å². The first-order valence-corrected chi connectivity index (χ1v) is 4.53. The van der Waals surface area contributed by atoms with Crippen molar-refractivity contribution in [2.24, 2.45) is 0 Å². The second kappa shape index (κ2) is 3.81. The number of nitro groups is 2. The summed E-state index contributed by atoms with van der Waals surface area (Å²) in [5.74, 6) is 0. The van der Waals surface area contributed by atoms with Crippen LogP contribution in [0.15, 0.2) is 10.5 Å². The second-order valence-electron chi connectivity index (χ2n) is 2.79. The van der Waals surface area contributed by atoms with Gasteiger partial charge >= 0.3 is 0 Å². The van der Waals surface area contributed by atoms with E-state index in [4.69, 9.17) is 5.73 Å². The molecule has 0 heterocycles. The maximum absolute atomic E-state index is 10.7. The van der Waals surface area contributed by atoms with Gasteiger partial charge in [0.2, 0.25) is 0 Å². The molecule has 0 spiro atoms. The summed E-state index contributed by atoms with van der Waals surface area (Å²) in [4.78, 5) is 19.8. The number of halogens is 1. The first kappa shape index (κ1) is 11.4. The highest BCUT2D eigenvalue weighted by Crippen LogP contribution is 2.38. The van der Waals surface area contributed by atoms with E-state index < -0.39 is 9.85 Å². The summed E-state index contributed by atoms with van der Waals surface area (Å²) in [6.07, 6.45) is 0. The molecule has 0 aromatic heterocycles. The Morgan fingerprint density at radius 2 is 1.87 bits per heavy atom. The van der Waals surface area contributed by atoms with Crippen LogP contribution >= 0.6 is 15.9 Å². The van der Waals surface area contributed by atoms with Crippen molar-refractivity contribution in [2.75, 3.05) is 5.73 Å². The van der Waals surface area contributed by atoms with Crippen molar-refractivity contribution in [3.63, 3.8) is 0 Å². The molecule has 1 rings (SSSR count). The van der Waals surface area contributed by atoms with E-state index in [0.717, 1.165) is 6.07 Å². The topological polar surface area (TPSA) is 112 Å². The molecule has 0 radical (unpaired) electrons. The Balaban J connectivity index is 3.63. The van der Waals surface area contributed by atoms with Gasteiger partial charge in [-0.1, -0.05) is 0 Å². The van der Waals surface area contributed by atoms with Crippen molar-refractivity contribution in [3.05, 3.63) is 36.3 Å². The Bertz CT molecular complexity index is 460. The zero-order chi connectivity index (χ0) is 11.7. The number of anilines is 1. The van der Waals surface area contributed by atoms with E-state index in [0.29, 0.717) is 0 Å². The average molecular weight is 276 g/mol. The fraction of sp³-hybridized carbons (Fsp3) is 0.143. The van der Waals surface area contributed by atoms with Crippen LogP contribution in [-0.2, 0) is 0 Å². The molecule has 8 heteroatoms. The van der Waals surface area contributed by atoms with Crippen LogP contribution in [0.3, 0.4) is 0 Å². The molecule has 15 heavy (non-hydrogen) atoms. The molecular formula is C7H6BrN3O4. The van der Waals surface area contributed by atoms with Gasteiger partial charge in [-0.05, 0) is 22.9 Å². The van der Waals surface area contributed by atoms with E-state index in [1.807, 2.05) is 0 Å². The molecule has 0 atom stereocenters. The van der Waals surface area contributed by atoms with Crippen molar-refractivity contribution in [2.45, 2.75) is 6.92 Å². The molecule has 1 aromatic rings. The summed E-state index contributed by atoms with van der Waals surface area (Å²) >= 11 is 2.93. The highest BCUT2D eigenvalue weighted by Gasteiger charge is 2.27. The second-order valence-corrected chi connectivity index (χ2v) is 3.58. The lowest BCUT2D eigenvalue weighted by atomic mass is 10.1. The summed E-state index contributed by atoms with van der Waals surface area (Å²) in [6, 6.07) is 1.09. The molecule has 0 amide bonds. The zero-order valence-corrected chi connectivity index (χ0v) is 9.15. The van der Waals surface area contributed by atoms with Crippen molar-refractivity contribution < 1.29 is 9.85 Å². The fourth-order valence-corrected chi connectivity index (χ4v) is 1.70. The molecule has 7 nitrogen and oxygen atoms in total. The Hall–Kier alpha value is -1.70. The van der Waals surface area contributed by atoms with Gasteiger partial charge in [-0.15, -0.1) is 0 Å². The van der Waals surface area contributed by atoms with Gasteiger partial charge < -0.3 is 5.73 Å². The SMILES string of the molecule is Cc1c([N+](=O)[O-])cc(N)c(Br)c1[N+](=O)[O-]. The number of hydrogen-bond acceptors (Lipinski definition) is 5. The molecule has 0 aliphatic carbocycles. The largest absolute Gasteiger partial charge is 0.397 e. The third kappa shape index (κ3) is 1.89. The minimum atomic E-state index is -0.706. The fourth-order valence-electron chi connectivity index (χ4n) is 1.15.